The standard InChI is InChI=1S/C15H14NO3/c1-11-3-5-13(6-4-11)10-19-15-8-7-14(16(17)18)9-12(15)2/h3-9H,2,10H2,1H3. The number of non-ortho nitro benzene ring substituents is 1. The number of benzene rings is 2. The third kappa shape index (κ3) is 3.31. The molecule has 0 aliphatic heterocycles. The summed E-state index contributed by atoms with van der Waals surface area (Å²) in [6.07, 6.45) is 0. The molecule has 0 spiro atoms. The third-order valence-corrected chi connectivity index (χ3v) is 2.77. The van der Waals surface area contributed by atoms with Gasteiger partial charge in [0.05, 0.1) is 4.92 Å². The third-order valence-electron chi connectivity index (χ3n) is 2.77. The van der Waals surface area contributed by atoms with Gasteiger partial charge in [0.25, 0.3) is 5.69 Å². The second-order valence-electron chi connectivity index (χ2n) is 4.32. The van der Waals surface area contributed by atoms with Crippen LogP contribution < -0.4 is 4.74 Å². The molecule has 19 heavy (non-hydrogen) atoms. The van der Waals surface area contributed by atoms with E-state index >= 15 is 0 Å². The van der Waals surface area contributed by atoms with Crippen LogP contribution in [0.4, 0.5) is 5.69 Å². The van der Waals surface area contributed by atoms with Crippen molar-refractivity contribution in [2.45, 2.75) is 13.5 Å². The number of rotatable bonds is 4. The fourth-order valence-electron chi connectivity index (χ4n) is 1.67. The number of nitrogens with zero attached hydrogens (tertiary/aromatic N) is 1. The number of nitro benzene ring substituents is 1. The van der Waals surface area contributed by atoms with Gasteiger partial charge in [-0.1, -0.05) is 29.8 Å². The minimum atomic E-state index is -0.446. The Balaban J connectivity index is 2.07. The van der Waals surface area contributed by atoms with Gasteiger partial charge in [0, 0.05) is 17.7 Å². The summed E-state index contributed by atoms with van der Waals surface area (Å²) in [5, 5.41) is 10.6. The van der Waals surface area contributed by atoms with E-state index in [4.69, 9.17) is 4.74 Å². The van der Waals surface area contributed by atoms with Crippen molar-refractivity contribution in [3.8, 4) is 5.75 Å². The first-order valence-corrected chi connectivity index (χ1v) is 5.85. The van der Waals surface area contributed by atoms with Crippen LogP contribution >= 0.6 is 0 Å². The molecule has 4 nitrogen and oxygen atoms in total. The first kappa shape index (κ1) is 13.1. The lowest BCUT2D eigenvalue weighted by atomic mass is 10.1. The van der Waals surface area contributed by atoms with Gasteiger partial charge in [-0.15, -0.1) is 0 Å². The fourth-order valence-corrected chi connectivity index (χ4v) is 1.67. The largest absolute Gasteiger partial charge is 0.489 e. The molecule has 97 valence electrons. The number of hydrogen-bond donors (Lipinski definition) is 0. The molecule has 0 atom stereocenters. The summed E-state index contributed by atoms with van der Waals surface area (Å²) in [6, 6.07) is 12.4. The Kier molecular flexibility index (Phi) is 3.80. The molecule has 0 aliphatic rings. The van der Waals surface area contributed by atoms with Crippen LogP contribution in [0, 0.1) is 24.0 Å². The molecule has 2 aromatic carbocycles. The van der Waals surface area contributed by atoms with Gasteiger partial charge in [0.1, 0.15) is 12.4 Å². The maximum Gasteiger partial charge on any atom is 0.269 e. The van der Waals surface area contributed by atoms with Crippen molar-refractivity contribution in [2.75, 3.05) is 0 Å². The van der Waals surface area contributed by atoms with Gasteiger partial charge in [0.2, 0.25) is 0 Å². The molecule has 1 radical (unpaired) electrons. The highest BCUT2D eigenvalue weighted by Gasteiger charge is 2.08. The van der Waals surface area contributed by atoms with E-state index in [1.54, 1.807) is 6.07 Å². The zero-order chi connectivity index (χ0) is 13.8. The van der Waals surface area contributed by atoms with E-state index < -0.39 is 4.92 Å². The molecule has 0 saturated carbocycles. The van der Waals surface area contributed by atoms with Crippen LogP contribution in [0.2, 0.25) is 0 Å². The van der Waals surface area contributed by atoms with E-state index in [9.17, 15) is 10.1 Å². The number of ether oxygens (including phenoxy) is 1. The van der Waals surface area contributed by atoms with Crippen LogP contribution in [0.25, 0.3) is 0 Å². The second-order valence-corrected chi connectivity index (χ2v) is 4.32. The van der Waals surface area contributed by atoms with Crippen LogP contribution in [0.5, 0.6) is 5.75 Å². The molecule has 0 amide bonds. The lowest BCUT2D eigenvalue weighted by molar-refractivity contribution is -0.384. The summed E-state index contributed by atoms with van der Waals surface area (Å²) < 4.78 is 5.61. The van der Waals surface area contributed by atoms with Crippen molar-refractivity contribution < 1.29 is 9.66 Å². The normalized spacial score (nSPS) is 10.2. The molecule has 0 aliphatic carbocycles. The van der Waals surface area contributed by atoms with E-state index in [1.165, 1.54) is 17.7 Å². The molecule has 2 aromatic rings. The second kappa shape index (κ2) is 5.52. The minimum Gasteiger partial charge on any atom is -0.489 e. The average Bonchev–Trinajstić information content (AvgIpc) is 2.39. The highest BCUT2D eigenvalue weighted by molar-refractivity contribution is 5.45. The van der Waals surface area contributed by atoms with Crippen molar-refractivity contribution in [3.05, 3.63) is 76.2 Å². The van der Waals surface area contributed by atoms with Gasteiger partial charge >= 0.3 is 0 Å². The molecule has 2 rings (SSSR count). The molecule has 0 heterocycles. The molecule has 0 bridgehead atoms. The molecular weight excluding hydrogens is 242 g/mol. The molecule has 0 aromatic heterocycles. The monoisotopic (exact) mass is 256 g/mol. The lowest BCUT2D eigenvalue weighted by Crippen LogP contribution is -1.98. The van der Waals surface area contributed by atoms with Crippen molar-refractivity contribution in [2.24, 2.45) is 0 Å². The lowest BCUT2D eigenvalue weighted by Gasteiger charge is -2.09. The highest BCUT2D eigenvalue weighted by Crippen LogP contribution is 2.24. The number of nitro groups is 1. The van der Waals surface area contributed by atoms with Gasteiger partial charge in [-0.25, -0.2) is 0 Å². The van der Waals surface area contributed by atoms with Crippen LogP contribution in [0.3, 0.4) is 0 Å². The Labute approximate surface area is 111 Å². The van der Waals surface area contributed by atoms with Crippen molar-refractivity contribution in [3.63, 3.8) is 0 Å². The van der Waals surface area contributed by atoms with Crippen molar-refractivity contribution in [1.82, 2.24) is 0 Å². The van der Waals surface area contributed by atoms with Gasteiger partial charge in [0.15, 0.2) is 0 Å². The van der Waals surface area contributed by atoms with E-state index in [2.05, 4.69) is 6.92 Å². The minimum absolute atomic E-state index is 0.0210. The average molecular weight is 256 g/mol. The highest BCUT2D eigenvalue weighted by atomic mass is 16.6. The number of aryl methyl sites for hydroxylation is 1. The summed E-state index contributed by atoms with van der Waals surface area (Å²) >= 11 is 0. The first-order chi connectivity index (χ1) is 9.06. The number of hydrogen-bond acceptors (Lipinski definition) is 3. The summed E-state index contributed by atoms with van der Waals surface area (Å²) in [6.45, 7) is 6.20. The van der Waals surface area contributed by atoms with E-state index in [0.717, 1.165) is 5.56 Å². The Morgan fingerprint density at radius 3 is 2.47 bits per heavy atom. The molecule has 0 fully saturated rings. The van der Waals surface area contributed by atoms with E-state index in [-0.39, 0.29) is 5.69 Å². The van der Waals surface area contributed by atoms with Crippen LogP contribution in [-0.4, -0.2) is 4.92 Å². The summed E-state index contributed by atoms with van der Waals surface area (Å²) in [5.41, 5.74) is 2.77. The maximum absolute atomic E-state index is 10.6. The summed E-state index contributed by atoms with van der Waals surface area (Å²) in [7, 11) is 0. The van der Waals surface area contributed by atoms with Gasteiger partial charge < -0.3 is 4.74 Å². The smallest absolute Gasteiger partial charge is 0.269 e. The van der Waals surface area contributed by atoms with E-state index in [1.807, 2.05) is 31.2 Å². The van der Waals surface area contributed by atoms with Crippen LogP contribution in [0.1, 0.15) is 16.7 Å². The zero-order valence-corrected chi connectivity index (χ0v) is 10.6. The van der Waals surface area contributed by atoms with E-state index in [0.29, 0.717) is 17.9 Å². The Morgan fingerprint density at radius 2 is 1.89 bits per heavy atom. The molecule has 0 unspecified atom stereocenters. The summed E-state index contributed by atoms with van der Waals surface area (Å²) in [5.74, 6) is 0.561. The Hall–Kier alpha value is -2.36. The van der Waals surface area contributed by atoms with Crippen molar-refractivity contribution in [1.29, 1.82) is 0 Å². The topological polar surface area (TPSA) is 52.4 Å². The van der Waals surface area contributed by atoms with Crippen LogP contribution in [-0.2, 0) is 6.61 Å². The molecular formula is C15H14NO3. The zero-order valence-electron chi connectivity index (χ0n) is 10.6. The predicted octanol–water partition coefficient (Wildman–Crippen LogP) is 3.66. The Morgan fingerprint density at radius 1 is 1.21 bits per heavy atom. The predicted molar refractivity (Wildman–Crippen MR) is 73.1 cm³/mol. The summed E-state index contributed by atoms with van der Waals surface area (Å²) in [4.78, 5) is 10.2. The Bertz CT molecular complexity index is 591. The quantitative estimate of drug-likeness (QED) is 0.619. The molecule has 0 saturated heterocycles. The van der Waals surface area contributed by atoms with Crippen LogP contribution in [0.15, 0.2) is 42.5 Å². The SMILES string of the molecule is [CH2]c1cc([N+](=O)[O-])ccc1OCc1ccc(C)cc1. The van der Waals surface area contributed by atoms with Crippen molar-refractivity contribution >= 4 is 5.69 Å². The van der Waals surface area contributed by atoms with Gasteiger partial charge in [-0.3, -0.25) is 10.1 Å². The van der Waals surface area contributed by atoms with Gasteiger partial charge in [-0.2, -0.15) is 0 Å². The molecule has 0 N–H and O–H groups in total. The molecule has 4 heteroatoms. The first-order valence-electron chi connectivity index (χ1n) is 5.85. The van der Waals surface area contributed by atoms with Gasteiger partial charge in [-0.05, 0) is 25.5 Å². The maximum atomic E-state index is 10.6. The fraction of sp³-hybridized carbons (Fsp3) is 0.133.